The SMILES string of the molecule is CCC[C@@H](c1cccc(O)c1)C(C)C(=O)O. The molecule has 2 atom stereocenters. The second-order valence-corrected chi connectivity index (χ2v) is 4.12. The Kier molecular flexibility index (Phi) is 4.35. The lowest BCUT2D eigenvalue weighted by Gasteiger charge is -2.20. The summed E-state index contributed by atoms with van der Waals surface area (Å²) >= 11 is 0. The maximum Gasteiger partial charge on any atom is 0.306 e. The van der Waals surface area contributed by atoms with E-state index in [-0.39, 0.29) is 11.7 Å². The third kappa shape index (κ3) is 2.99. The largest absolute Gasteiger partial charge is 0.508 e. The highest BCUT2D eigenvalue weighted by molar-refractivity contribution is 5.71. The van der Waals surface area contributed by atoms with Crippen LogP contribution < -0.4 is 0 Å². The van der Waals surface area contributed by atoms with Crippen LogP contribution in [0, 0.1) is 5.92 Å². The molecule has 0 amide bonds. The van der Waals surface area contributed by atoms with Crippen LogP contribution in [0.4, 0.5) is 0 Å². The van der Waals surface area contributed by atoms with Gasteiger partial charge in [0.1, 0.15) is 5.75 Å². The van der Waals surface area contributed by atoms with E-state index in [1.807, 2.05) is 13.0 Å². The van der Waals surface area contributed by atoms with E-state index in [4.69, 9.17) is 5.11 Å². The summed E-state index contributed by atoms with van der Waals surface area (Å²) < 4.78 is 0. The Balaban J connectivity index is 2.97. The minimum absolute atomic E-state index is 0.0328. The van der Waals surface area contributed by atoms with E-state index in [9.17, 15) is 9.90 Å². The van der Waals surface area contributed by atoms with Crippen molar-refractivity contribution in [1.29, 1.82) is 0 Å². The minimum Gasteiger partial charge on any atom is -0.508 e. The molecule has 88 valence electrons. The van der Waals surface area contributed by atoms with Gasteiger partial charge in [0.2, 0.25) is 0 Å². The lowest BCUT2D eigenvalue weighted by molar-refractivity contribution is -0.142. The molecule has 16 heavy (non-hydrogen) atoms. The Labute approximate surface area is 95.7 Å². The van der Waals surface area contributed by atoms with E-state index in [1.165, 1.54) is 0 Å². The molecule has 0 aromatic heterocycles. The Hall–Kier alpha value is -1.51. The second-order valence-electron chi connectivity index (χ2n) is 4.12. The van der Waals surface area contributed by atoms with Crippen molar-refractivity contribution >= 4 is 5.97 Å². The molecule has 2 N–H and O–H groups in total. The molecular formula is C13H18O3. The molecule has 1 aromatic rings. The van der Waals surface area contributed by atoms with Crippen molar-refractivity contribution in [2.45, 2.75) is 32.6 Å². The standard InChI is InChI=1S/C13H18O3/c1-3-5-12(9(2)13(15)16)10-6-4-7-11(14)8-10/h4,6-9,12,14H,3,5H2,1-2H3,(H,15,16)/t9?,12-/m1/s1. The van der Waals surface area contributed by atoms with E-state index in [1.54, 1.807) is 25.1 Å². The number of carbonyl (C=O) groups is 1. The van der Waals surface area contributed by atoms with Gasteiger partial charge in [-0.25, -0.2) is 0 Å². The summed E-state index contributed by atoms with van der Waals surface area (Å²) in [5.74, 6) is -1.06. The van der Waals surface area contributed by atoms with Crippen molar-refractivity contribution in [2.24, 2.45) is 5.92 Å². The molecule has 0 saturated carbocycles. The number of carboxylic acid groups (broad SMARTS) is 1. The summed E-state index contributed by atoms with van der Waals surface area (Å²) in [6.07, 6.45) is 1.74. The van der Waals surface area contributed by atoms with Crippen LogP contribution in [0.3, 0.4) is 0 Å². The average molecular weight is 222 g/mol. The maximum atomic E-state index is 11.0. The van der Waals surface area contributed by atoms with E-state index in [0.29, 0.717) is 0 Å². The van der Waals surface area contributed by atoms with Crippen molar-refractivity contribution < 1.29 is 15.0 Å². The molecule has 0 aliphatic rings. The van der Waals surface area contributed by atoms with Crippen LogP contribution in [0.1, 0.15) is 38.2 Å². The molecule has 0 saturated heterocycles. The summed E-state index contributed by atoms with van der Waals surface area (Å²) in [7, 11) is 0. The molecule has 3 nitrogen and oxygen atoms in total. The summed E-state index contributed by atoms with van der Waals surface area (Å²) in [5, 5.41) is 18.5. The first-order valence-corrected chi connectivity index (χ1v) is 5.58. The number of phenols is 1. The quantitative estimate of drug-likeness (QED) is 0.805. The van der Waals surface area contributed by atoms with Crippen LogP contribution in [0.15, 0.2) is 24.3 Å². The van der Waals surface area contributed by atoms with Crippen LogP contribution in [-0.2, 0) is 4.79 Å². The van der Waals surface area contributed by atoms with Crippen molar-refractivity contribution in [3.05, 3.63) is 29.8 Å². The number of rotatable bonds is 5. The van der Waals surface area contributed by atoms with Gasteiger partial charge in [-0.1, -0.05) is 32.4 Å². The van der Waals surface area contributed by atoms with Crippen LogP contribution in [0.5, 0.6) is 5.75 Å². The van der Waals surface area contributed by atoms with E-state index in [2.05, 4.69) is 0 Å². The van der Waals surface area contributed by atoms with Crippen molar-refractivity contribution in [3.63, 3.8) is 0 Å². The van der Waals surface area contributed by atoms with Gasteiger partial charge in [-0.15, -0.1) is 0 Å². The highest BCUT2D eigenvalue weighted by atomic mass is 16.4. The normalized spacial score (nSPS) is 14.4. The van der Waals surface area contributed by atoms with Crippen molar-refractivity contribution in [1.82, 2.24) is 0 Å². The highest BCUT2D eigenvalue weighted by Gasteiger charge is 2.24. The molecule has 1 aromatic carbocycles. The lowest BCUT2D eigenvalue weighted by atomic mass is 9.84. The summed E-state index contributed by atoms with van der Waals surface area (Å²) in [6, 6.07) is 6.87. The van der Waals surface area contributed by atoms with Gasteiger partial charge < -0.3 is 10.2 Å². The molecule has 1 rings (SSSR count). The Morgan fingerprint density at radius 2 is 2.12 bits per heavy atom. The number of phenolic OH excluding ortho intramolecular Hbond substituents is 1. The van der Waals surface area contributed by atoms with Gasteiger partial charge in [0.15, 0.2) is 0 Å². The van der Waals surface area contributed by atoms with Crippen molar-refractivity contribution in [2.75, 3.05) is 0 Å². The van der Waals surface area contributed by atoms with Gasteiger partial charge in [-0.3, -0.25) is 4.79 Å². The topological polar surface area (TPSA) is 57.5 Å². The highest BCUT2D eigenvalue weighted by Crippen LogP contribution is 2.31. The summed E-state index contributed by atoms with van der Waals surface area (Å²) in [4.78, 5) is 11.0. The molecule has 0 bridgehead atoms. The van der Waals surface area contributed by atoms with E-state index >= 15 is 0 Å². The smallest absolute Gasteiger partial charge is 0.306 e. The van der Waals surface area contributed by atoms with Crippen molar-refractivity contribution in [3.8, 4) is 5.75 Å². The van der Waals surface area contributed by atoms with Crippen LogP contribution in [0.2, 0.25) is 0 Å². The van der Waals surface area contributed by atoms with E-state index < -0.39 is 11.9 Å². The molecule has 1 unspecified atom stereocenters. The monoisotopic (exact) mass is 222 g/mol. The Morgan fingerprint density at radius 3 is 2.62 bits per heavy atom. The molecule has 0 aliphatic heterocycles. The Bertz CT molecular complexity index is 360. The van der Waals surface area contributed by atoms with Crippen LogP contribution >= 0.6 is 0 Å². The summed E-state index contributed by atoms with van der Waals surface area (Å²) in [5.41, 5.74) is 0.900. The zero-order valence-corrected chi connectivity index (χ0v) is 9.68. The third-order valence-electron chi connectivity index (χ3n) is 2.89. The molecular weight excluding hydrogens is 204 g/mol. The van der Waals surface area contributed by atoms with Gasteiger partial charge in [0.25, 0.3) is 0 Å². The lowest BCUT2D eigenvalue weighted by Crippen LogP contribution is -2.19. The zero-order valence-electron chi connectivity index (χ0n) is 9.68. The van der Waals surface area contributed by atoms with Gasteiger partial charge in [0, 0.05) is 0 Å². The fraction of sp³-hybridized carbons (Fsp3) is 0.462. The molecule has 0 aliphatic carbocycles. The number of aliphatic carboxylic acids is 1. The molecule has 0 spiro atoms. The fourth-order valence-electron chi connectivity index (χ4n) is 1.94. The zero-order chi connectivity index (χ0) is 12.1. The molecule has 0 fully saturated rings. The van der Waals surface area contributed by atoms with Crippen LogP contribution in [-0.4, -0.2) is 16.2 Å². The first kappa shape index (κ1) is 12.6. The van der Waals surface area contributed by atoms with Gasteiger partial charge in [-0.05, 0) is 30.0 Å². The minimum atomic E-state index is -0.790. The van der Waals surface area contributed by atoms with Gasteiger partial charge >= 0.3 is 5.97 Å². The molecule has 0 heterocycles. The molecule has 0 radical (unpaired) electrons. The predicted octanol–water partition coefficient (Wildman–Crippen LogP) is 3.00. The number of benzene rings is 1. The number of hydrogen-bond acceptors (Lipinski definition) is 2. The van der Waals surface area contributed by atoms with Gasteiger partial charge in [0.05, 0.1) is 5.92 Å². The van der Waals surface area contributed by atoms with Gasteiger partial charge in [-0.2, -0.15) is 0 Å². The Morgan fingerprint density at radius 1 is 1.44 bits per heavy atom. The third-order valence-corrected chi connectivity index (χ3v) is 2.89. The fourth-order valence-corrected chi connectivity index (χ4v) is 1.94. The number of aromatic hydroxyl groups is 1. The van der Waals surface area contributed by atoms with E-state index in [0.717, 1.165) is 18.4 Å². The predicted molar refractivity (Wildman–Crippen MR) is 62.6 cm³/mol. The maximum absolute atomic E-state index is 11.0. The number of hydrogen-bond donors (Lipinski definition) is 2. The average Bonchev–Trinajstić information content (AvgIpc) is 2.24. The number of carboxylic acids is 1. The first-order chi connectivity index (χ1) is 7.56. The molecule has 3 heteroatoms. The summed E-state index contributed by atoms with van der Waals surface area (Å²) in [6.45, 7) is 3.75. The van der Waals surface area contributed by atoms with Crippen LogP contribution in [0.25, 0.3) is 0 Å². The first-order valence-electron chi connectivity index (χ1n) is 5.58. The second kappa shape index (κ2) is 5.54.